The second-order valence-corrected chi connectivity index (χ2v) is 7.10. The molecule has 8 heteroatoms. The largest absolute Gasteiger partial charge is 0.371 e. The van der Waals surface area contributed by atoms with E-state index in [0.29, 0.717) is 12.6 Å². The van der Waals surface area contributed by atoms with Gasteiger partial charge in [-0.2, -0.15) is 5.10 Å². The summed E-state index contributed by atoms with van der Waals surface area (Å²) in [7, 11) is 1.94. The van der Waals surface area contributed by atoms with Crippen molar-refractivity contribution in [1.82, 2.24) is 24.6 Å². The topological polar surface area (TPSA) is 68.1 Å². The van der Waals surface area contributed by atoms with E-state index in [2.05, 4.69) is 31.5 Å². The third kappa shape index (κ3) is 3.80. The molecule has 4 heterocycles. The highest BCUT2D eigenvalue weighted by molar-refractivity contribution is 5.26. The molecule has 0 aliphatic carbocycles. The molecule has 0 unspecified atom stereocenters. The molecule has 134 valence electrons. The van der Waals surface area contributed by atoms with Gasteiger partial charge in [0.05, 0.1) is 36.8 Å². The van der Waals surface area contributed by atoms with E-state index in [4.69, 9.17) is 4.74 Å². The molecule has 2 atom stereocenters. The summed E-state index contributed by atoms with van der Waals surface area (Å²) in [5.74, 6) is 0.0260. The third-order valence-electron chi connectivity index (χ3n) is 4.95. The summed E-state index contributed by atoms with van der Waals surface area (Å²) in [5, 5.41) is 7.51. The number of aryl methyl sites for hydroxylation is 1. The van der Waals surface area contributed by atoms with Crippen molar-refractivity contribution in [1.29, 1.82) is 0 Å². The summed E-state index contributed by atoms with van der Waals surface area (Å²) < 4.78 is 21.0. The van der Waals surface area contributed by atoms with Crippen molar-refractivity contribution >= 4 is 5.95 Å². The predicted octanol–water partition coefficient (Wildman–Crippen LogP) is 1.58. The zero-order valence-electron chi connectivity index (χ0n) is 14.4. The van der Waals surface area contributed by atoms with Crippen molar-refractivity contribution in [2.45, 2.75) is 37.5 Å². The Balaban J connectivity index is 1.36. The van der Waals surface area contributed by atoms with Gasteiger partial charge < -0.3 is 10.1 Å². The molecule has 1 N–H and O–H groups in total. The predicted molar refractivity (Wildman–Crippen MR) is 90.4 cm³/mol. The summed E-state index contributed by atoms with van der Waals surface area (Å²) >= 11 is 0. The highest BCUT2D eigenvalue weighted by Crippen LogP contribution is 2.35. The summed E-state index contributed by atoms with van der Waals surface area (Å²) in [6.45, 7) is 3.53. The van der Waals surface area contributed by atoms with E-state index >= 15 is 0 Å². The van der Waals surface area contributed by atoms with Gasteiger partial charge in [0, 0.05) is 38.3 Å². The van der Waals surface area contributed by atoms with E-state index in [-0.39, 0.29) is 11.6 Å². The Hall–Kier alpha value is -2.06. The van der Waals surface area contributed by atoms with Crippen LogP contribution in [-0.2, 0) is 18.3 Å². The molecule has 1 spiro atoms. The third-order valence-corrected chi connectivity index (χ3v) is 4.95. The molecule has 2 aromatic heterocycles. The van der Waals surface area contributed by atoms with Crippen molar-refractivity contribution in [2.75, 3.05) is 25.0 Å². The quantitative estimate of drug-likeness (QED) is 0.907. The van der Waals surface area contributed by atoms with E-state index < -0.39 is 5.82 Å². The van der Waals surface area contributed by atoms with Crippen LogP contribution in [0, 0.1) is 5.82 Å². The number of nitrogens with zero attached hydrogens (tertiary/aromatic N) is 5. The maximum absolute atomic E-state index is 12.9. The summed E-state index contributed by atoms with van der Waals surface area (Å²) in [6.07, 6.45) is 9.45. The lowest BCUT2D eigenvalue weighted by atomic mass is 9.88. The Kier molecular flexibility index (Phi) is 4.39. The maximum Gasteiger partial charge on any atom is 0.223 e. The van der Waals surface area contributed by atoms with Crippen LogP contribution in [0.3, 0.4) is 0 Å². The molecule has 0 saturated carbocycles. The first-order valence-electron chi connectivity index (χ1n) is 8.68. The van der Waals surface area contributed by atoms with Gasteiger partial charge in [0.2, 0.25) is 5.95 Å². The van der Waals surface area contributed by atoms with Crippen LogP contribution in [0.1, 0.15) is 24.8 Å². The molecule has 2 aromatic rings. The van der Waals surface area contributed by atoms with Crippen molar-refractivity contribution in [3.05, 3.63) is 36.2 Å². The molecule has 25 heavy (non-hydrogen) atoms. The first-order valence-corrected chi connectivity index (χ1v) is 8.68. The lowest BCUT2D eigenvalue weighted by Gasteiger charge is -2.39. The smallest absolute Gasteiger partial charge is 0.223 e. The average molecular weight is 346 g/mol. The lowest BCUT2D eigenvalue weighted by Crippen LogP contribution is -2.47. The fourth-order valence-electron chi connectivity index (χ4n) is 3.93. The minimum atomic E-state index is -0.428. The molecule has 0 amide bonds. The molecule has 2 fully saturated rings. The van der Waals surface area contributed by atoms with E-state index in [1.165, 1.54) is 18.0 Å². The number of ether oxygens (including phenoxy) is 1. The Labute approximate surface area is 146 Å². The Bertz CT molecular complexity index is 720. The minimum absolute atomic E-state index is 0.113. The van der Waals surface area contributed by atoms with Gasteiger partial charge >= 0.3 is 0 Å². The van der Waals surface area contributed by atoms with Crippen LogP contribution >= 0.6 is 0 Å². The number of hydrogen-bond donors (Lipinski definition) is 1. The normalized spacial score (nSPS) is 27.0. The Morgan fingerprint density at radius 1 is 1.36 bits per heavy atom. The molecule has 7 nitrogen and oxygen atoms in total. The average Bonchev–Trinajstić information content (AvgIpc) is 3.16. The molecule has 2 saturated heterocycles. The van der Waals surface area contributed by atoms with Gasteiger partial charge in [-0.05, 0) is 19.4 Å². The standard InChI is InChI=1S/C17H23FN6O/c1-23-9-13(6-21-23)10-24-4-2-3-17(12-24)5-15(11-25-17)22-16-19-7-14(18)8-20-16/h6-9,15H,2-5,10-12H2,1H3,(H,19,20,22)/t15-,17-/m1/s1. The summed E-state index contributed by atoms with van der Waals surface area (Å²) in [6, 6.07) is 0.156. The van der Waals surface area contributed by atoms with Gasteiger partial charge in [-0.1, -0.05) is 0 Å². The number of piperidine rings is 1. The molecule has 2 aliphatic rings. The zero-order chi connectivity index (χ0) is 17.3. The monoisotopic (exact) mass is 346 g/mol. The van der Waals surface area contributed by atoms with E-state index in [1.54, 1.807) is 0 Å². The number of likely N-dealkylation sites (tertiary alicyclic amines) is 1. The number of aromatic nitrogens is 4. The summed E-state index contributed by atoms with van der Waals surface area (Å²) in [5.41, 5.74) is 1.12. The molecule has 4 rings (SSSR count). The van der Waals surface area contributed by atoms with Crippen LogP contribution in [0.15, 0.2) is 24.8 Å². The van der Waals surface area contributed by atoms with Crippen molar-refractivity contribution in [2.24, 2.45) is 7.05 Å². The molecule has 0 radical (unpaired) electrons. The maximum atomic E-state index is 12.9. The first kappa shape index (κ1) is 16.4. The van der Waals surface area contributed by atoms with Gasteiger partial charge in [0.1, 0.15) is 0 Å². The zero-order valence-corrected chi connectivity index (χ0v) is 14.4. The fraction of sp³-hybridized carbons (Fsp3) is 0.588. The molecular formula is C17H23FN6O. The van der Waals surface area contributed by atoms with Crippen LogP contribution in [0.5, 0.6) is 0 Å². The molecular weight excluding hydrogens is 323 g/mol. The van der Waals surface area contributed by atoms with Crippen LogP contribution in [-0.4, -0.2) is 56.0 Å². The van der Waals surface area contributed by atoms with Gasteiger partial charge in [-0.25, -0.2) is 14.4 Å². The van der Waals surface area contributed by atoms with Crippen LogP contribution in [0.2, 0.25) is 0 Å². The fourth-order valence-corrected chi connectivity index (χ4v) is 3.93. The second-order valence-electron chi connectivity index (χ2n) is 7.10. The Morgan fingerprint density at radius 3 is 2.96 bits per heavy atom. The number of hydrogen-bond acceptors (Lipinski definition) is 6. The minimum Gasteiger partial charge on any atom is -0.371 e. The van der Waals surface area contributed by atoms with Gasteiger partial charge in [-0.15, -0.1) is 0 Å². The van der Waals surface area contributed by atoms with Crippen LogP contribution in [0.25, 0.3) is 0 Å². The second kappa shape index (κ2) is 6.68. The molecule has 0 aromatic carbocycles. The highest BCUT2D eigenvalue weighted by Gasteiger charge is 2.43. The number of rotatable bonds is 4. The lowest BCUT2D eigenvalue weighted by molar-refractivity contribution is -0.0533. The van der Waals surface area contributed by atoms with Crippen molar-refractivity contribution < 1.29 is 9.13 Å². The van der Waals surface area contributed by atoms with Crippen LogP contribution < -0.4 is 5.32 Å². The molecule has 2 aliphatic heterocycles. The van der Waals surface area contributed by atoms with E-state index in [9.17, 15) is 4.39 Å². The van der Waals surface area contributed by atoms with Crippen LogP contribution in [0.4, 0.5) is 10.3 Å². The van der Waals surface area contributed by atoms with Gasteiger partial charge in [-0.3, -0.25) is 9.58 Å². The SMILES string of the molecule is Cn1cc(CN2CCC[C@@]3(C[C@@H](Nc4ncc(F)cn4)CO3)C2)cn1. The van der Waals surface area contributed by atoms with Crippen molar-refractivity contribution in [3.8, 4) is 0 Å². The van der Waals surface area contributed by atoms with Gasteiger partial charge in [0.15, 0.2) is 5.82 Å². The number of anilines is 1. The van der Waals surface area contributed by atoms with E-state index in [0.717, 1.165) is 38.9 Å². The van der Waals surface area contributed by atoms with Crippen molar-refractivity contribution in [3.63, 3.8) is 0 Å². The number of halogens is 1. The van der Waals surface area contributed by atoms with E-state index in [1.807, 2.05) is 17.9 Å². The first-order chi connectivity index (χ1) is 12.1. The highest BCUT2D eigenvalue weighted by atomic mass is 19.1. The Morgan fingerprint density at radius 2 is 2.20 bits per heavy atom. The molecule has 0 bridgehead atoms. The number of nitrogens with one attached hydrogen (secondary N) is 1. The van der Waals surface area contributed by atoms with Gasteiger partial charge in [0.25, 0.3) is 0 Å². The summed E-state index contributed by atoms with van der Waals surface area (Å²) in [4.78, 5) is 10.4.